The number of phenols is 1. The number of hydrogen-bond acceptors (Lipinski definition) is 3. The highest BCUT2D eigenvalue weighted by Crippen LogP contribution is 2.28. The molecule has 3 heteroatoms. The maximum atomic E-state index is 11.5. The fourth-order valence-electron chi connectivity index (χ4n) is 1.52. The molecule has 14 heavy (non-hydrogen) atoms. The highest BCUT2D eigenvalue weighted by molar-refractivity contribution is 6.52. The fraction of sp³-hybridized carbons (Fsp3) is 0.0909. The summed E-state index contributed by atoms with van der Waals surface area (Å²) in [6.45, 7) is 1.59. The van der Waals surface area contributed by atoms with E-state index in [4.69, 9.17) is 0 Å². The molecule has 2 rings (SSSR count). The van der Waals surface area contributed by atoms with Crippen molar-refractivity contribution in [3.05, 3.63) is 34.9 Å². The molecule has 0 unspecified atom stereocenters. The molecule has 0 spiro atoms. The number of carbonyl (C=O) groups excluding carboxylic acids is 2. The van der Waals surface area contributed by atoms with Crippen molar-refractivity contribution in [2.75, 3.05) is 0 Å². The Morgan fingerprint density at radius 1 is 1.14 bits per heavy atom. The minimum absolute atomic E-state index is 0.114. The molecule has 0 aromatic heterocycles. The Labute approximate surface area is 80.7 Å². The molecule has 0 fully saturated rings. The molecule has 0 bridgehead atoms. The van der Waals surface area contributed by atoms with Crippen LogP contribution in [0.25, 0.3) is 6.08 Å². The van der Waals surface area contributed by atoms with E-state index in [-0.39, 0.29) is 11.3 Å². The van der Waals surface area contributed by atoms with E-state index in [0.29, 0.717) is 11.1 Å². The first kappa shape index (κ1) is 8.69. The number of fused-ring (bicyclic) bond motifs is 1. The zero-order valence-corrected chi connectivity index (χ0v) is 7.57. The van der Waals surface area contributed by atoms with Crippen molar-refractivity contribution in [3.63, 3.8) is 0 Å². The van der Waals surface area contributed by atoms with Crippen LogP contribution in [0.4, 0.5) is 0 Å². The van der Waals surface area contributed by atoms with Crippen molar-refractivity contribution in [1.29, 1.82) is 0 Å². The van der Waals surface area contributed by atoms with Gasteiger partial charge in [0.2, 0.25) is 11.6 Å². The smallest absolute Gasteiger partial charge is 0.237 e. The topological polar surface area (TPSA) is 54.4 Å². The second-order valence-corrected chi connectivity index (χ2v) is 3.23. The average molecular weight is 188 g/mol. The summed E-state index contributed by atoms with van der Waals surface area (Å²) in [4.78, 5) is 22.8. The number of carbonyl (C=O) groups is 2. The first-order valence-electron chi connectivity index (χ1n) is 4.20. The Morgan fingerprint density at radius 3 is 2.57 bits per heavy atom. The summed E-state index contributed by atoms with van der Waals surface area (Å²) in [6, 6.07) is 4.74. The molecular formula is C11H8O3. The van der Waals surface area contributed by atoms with Crippen LogP contribution >= 0.6 is 0 Å². The highest BCUT2D eigenvalue weighted by atomic mass is 16.3. The van der Waals surface area contributed by atoms with Crippen LogP contribution in [0.2, 0.25) is 0 Å². The zero-order chi connectivity index (χ0) is 10.3. The van der Waals surface area contributed by atoms with E-state index in [2.05, 4.69) is 0 Å². The van der Waals surface area contributed by atoms with Gasteiger partial charge in [-0.25, -0.2) is 0 Å². The highest BCUT2D eigenvalue weighted by Gasteiger charge is 2.27. The van der Waals surface area contributed by atoms with Gasteiger partial charge in [-0.2, -0.15) is 0 Å². The summed E-state index contributed by atoms with van der Waals surface area (Å²) in [5.41, 5.74) is 1.13. The Morgan fingerprint density at radius 2 is 1.86 bits per heavy atom. The van der Waals surface area contributed by atoms with Crippen LogP contribution in [-0.4, -0.2) is 16.7 Å². The molecule has 1 aliphatic rings. The van der Waals surface area contributed by atoms with E-state index < -0.39 is 11.6 Å². The van der Waals surface area contributed by atoms with Gasteiger partial charge < -0.3 is 5.11 Å². The zero-order valence-electron chi connectivity index (χ0n) is 7.57. The lowest BCUT2D eigenvalue weighted by molar-refractivity contribution is -0.111. The molecule has 3 nitrogen and oxygen atoms in total. The van der Waals surface area contributed by atoms with Crippen molar-refractivity contribution in [2.45, 2.75) is 6.92 Å². The van der Waals surface area contributed by atoms with Crippen molar-refractivity contribution in [1.82, 2.24) is 0 Å². The number of rotatable bonds is 0. The number of allylic oxidation sites excluding steroid dienone is 1. The SMILES string of the molecule is CC1=Cc2cccc(O)c2C(=O)C1=O. The van der Waals surface area contributed by atoms with Gasteiger partial charge in [0, 0.05) is 5.57 Å². The monoisotopic (exact) mass is 188 g/mol. The molecule has 0 saturated heterocycles. The van der Waals surface area contributed by atoms with Crippen LogP contribution in [0.1, 0.15) is 22.8 Å². The van der Waals surface area contributed by atoms with Gasteiger partial charge >= 0.3 is 0 Å². The van der Waals surface area contributed by atoms with Gasteiger partial charge in [-0.15, -0.1) is 0 Å². The van der Waals surface area contributed by atoms with Gasteiger partial charge in [-0.3, -0.25) is 9.59 Å². The summed E-state index contributed by atoms with van der Waals surface area (Å²) >= 11 is 0. The Kier molecular flexibility index (Phi) is 1.74. The van der Waals surface area contributed by atoms with Crippen LogP contribution in [0.5, 0.6) is 5.75 Å². The third kappa shape index (κ3) is 1.06. The number of hydrogen-bond donors (Lipinski definition) is 1. The second-order valence-electron chi connectivity index (χ2n) is 3.23. The lowest BCUT2D eigenvalue weighted by Gasteiger charge is -2.12. The molecular weight excluding hydrogens is 180 g/mol. The van der Waals surface area contributed by atoms with E-state index in [1.807, 2.05) is 0 Å². The maximum absolute atomic E-state index is 11.5. The van der Waals surface area contributed by atoms with Gasteiger partial charge in [0.05, 0.1) is 5.56 Å². The predicted octanol–water partition coefficient (Wildman–Crippen LogP) is 1.56. The second kappa shape index (κ2) is 2.80. The number of benzene rings is 1. The van der Waals surface area contributed by atoms with Crippen molar-refractivity contribution in [2.24, 2.45) is 0 Å². The molecule has 0 heterocycles. The summed E-state index contributed by atoms with van der Waals surface area (Å²) in [5.74, 6) is -1.30. The largest absolute Gasteiger partial charge is 0.507 e. The van der Waals surface area contributed by atoms with Gasteiger partial charge in [-0.05, 0) is 24.6 Å². The summed E-state index contributed by atoms with van der Waals surface area (Å²) in [6.07, 6.45) is 1.61. The van der Waals surface area contributed by atoms with Gasteiger partial charge in [-0.1, -0.05) is 12.1 Å². The van der Waals surface area contributed by atoms with Gasteiger partial charge in [0.1, 0.15) is 5.75 Å². The number of ketones is 2. The predicted molar refractivity (Wildman–Crippen MR) is 51.1 cm³/mol. The van der Waals surface area contributed by atoms with Crippen LogP contribution < -0.4 is 0 Å². The maximum Gasteiger partial charge on any atom is 0.237 e. The van der Waals surface area contributed by atoms with Crippen molar-refractivity contribution < 1.29 is 14.7 Å². The van der Waals surface area contributed by atoms with E-state index in [1.54, 1.807) is 25.1 Å². The van der Waals surface area contributed by atoms with Crippen molar-refractivity contribution in [3.8, 4) is 5.75 Å². The third-order valence-corrected chi connectivity index (χ3v) is 2.24. The van der Waals surface area contributed by atoms with Crippen LogP contribution in [0, 0.1) is 0 Å². The number of Topliss-reactive ketones (excluding diaryl/α,β-unsaturated/α-hetero) is 2. The van der Waals surface area contributed by atoms with E-state index >= 15 is 0 Å². The van der Waals surface area contributed by atoms with Crippen LogP contribution in [-0.2, 0) is 4.79 Å². The quantitative estimate of drug-likeness (QED) is 0.628. The lowest BCUT2D eigenvalue weighted by Crippen LogP contribution is -2.20. The minimum Gasteiger partial charge on any atom is -0.507 e. The molecule has 0 saturated carbocycles. The molecule has 0 radical (unpaired) electrons. The van der Waals surface area contributed by atoms with E-state index in [1.165, 1.54) is 6.07 Å². The molecule has 1 aromatic rings. The summed E-state index contributed by atoms with van der Waals surface area (Å²) in [7, 11) is 0. The molecule has 1 N–H and O–H groups in total. The van der Waals surface area contributed by atoms with Crippen LogP contribution in [0.3, 0.4) is 0 Å². The normalized spacial score (nSPS) is 15.1. The number of aromatic hydroxyl groups is 1. The third-order valence-electron chi connectivity index (χ3n) is 2.24. The van der Waals surface area contributed by atoms with Crippen LogP contribution in [0.15, 0.2) is 23.8 Å². The number of phenolic OH excluding ortho intramolecular Hbond substituents is 1. The molecule has 1 aromatic carbocycles. The Hall–Kier alpha value is -1.90. The van der Waals surface area contributed by atoms with Gasteiger partial charge in [0.15, 0.2) is 0 Å². The standard InChI is InChI=1S/C11H8O3/c1-6-5-7-3-2-4-8(12)9(7)11(14)10(6)13/h2-5,12H,1H3. The molecule has 0 amide bonds. The molecule has 0 atom stereocenters. The summed E-state index contributed by atoms with van der Waals surface area (Å²) in [5, 5.41) is 9.43. The lowest BCUT2D eigenvalue weighted by atomic mass is 9.90. The first-order valence-corrected chi connectivity index (χ1v) is 4.20. The van der Waals surface area contributed by atoms with Crippen molar-refractivity contribution >= 4 is 17.6 Å². The Bertz CT molecular complexity index is 469. The molecule has 1 aliphatic carbocycles. The Balaban J connectivity index is 2.76. The fourth-order valence-corrected chi connectivity index (χ4v) is 1.52. The summed E-state index contributed by atoms with van der Waals surface area (Å²) < 4.78 is 0. The average Bonchev–Trinajstić information content (AvgIpc) is 2.14. The molecule has 70 valence electrons. The van der Waals surface area contributed by atoms with E-state index in [9.17, 15) is 14.7 Å². The minimum atomic E-state index is -0.627. The molecule has 0 aliphatic heterocycles. The first-order chi connectivity index (χ1) is 6.61. The van der Waals surface area contributed by atoms with Gasteiger partial charge in [0.25, 0.3) is 0 Å². The van der Waals surface area contributed by atoms with E-state index in [0.717, 1.165) is 0 Å².